The zero-order chi connectivity index (χ0) is 14.4. The smallest absolute Gasteiger partial charge is 0.118 e. The van der Waals surface area contributed by atoms with E-state index in [4.69, 9.17) is 4.74 Å². The first kappa shape index (κ1) is 19.0. The van der Waals surface area contributed by atoms with Gasteiger partial charge in [-0.05, 0) is 37.5 Å². The minimum atomic E-state index is 0.500. The van der Waals surface area contributed by atoms with Gasteiger partial charge in [0.2, 0.25) is 0 Å². The number of hydrogen-bond donors (Lipinski definition) is 0. The lowest BCUT2D eigenvalue weighted by atomic mass is 10.0. The molecule has 0 N–H and O–H groups in total. The Labute approximate surface area is 112 Å². The van der Waals surface area contributed by atoms with Crippen LogP contribution in [0.25, 0.3) is 0 Å². The normalized spacial score (nSPS) is 9.61. The van der Waals surface area contributed by atoms with Gasteiger partial charge in [-0.2, -0.15) is 0 Å². The zero-order valence-corrected chi connectivity index (χ0v) is 12.6. The average molecular weight is 254 g/mol. The first-order chi connectivity index (χ1) is 8.80. The molecule has 1 aromatic rings. The molecule has 0 aliphatic heterocycles. The molecule has 1 nitrogen and oxygen atoms in total. The maximum atomic E-state index is 9.50. The molecule has 18 heavy (non-hydrogen) atoms. The van der Waals surface area contributed by atoms with Gasteiger partial charge in [-0.3, -0.25) is 4.39 Å². The Balaban J connectivity index is 0. The van der Waals surface area contributed by atoms with E-state index in [-0.39, 0.29) is 0 Å². The van der Waals surface area contributed by atoms with Crippen molar-refractivity contribution in [2.24, 2.45) is 0 Å². The second kappa shape index (κ2) is 13.8. The Morgan fingerprint density at radius 1 is 1.17 bits per heavy atom. The summed E-state index contributed by atoms with van der Waals surface area (Å²) in [5.41, 5.74) is 2.83. The summed E-state index contributed by atoms with van der Waals surface area (Å²) in [5, 5.41) is 0. The van der Waals surface area contributed by atoms with Gasteiger partial charge in [0.05, 0.1) is 14.3 Å². The SMILES string of the molecule is C/C=C(\CC)Cc1ccc(OC)cc1.CC.CF. The van der Waals surface area contributed by atoms with Crippen LogP contribution in [0.15, 0.2) is 35.9 Å². The van der Waals surface area contributed by atoms with Gasteiger partial charge in [0.25, 0.3) is 0 Å². The third-order valence-corrected chi connectivity index (χ3v) is 2.45. The Morgan fingerprint density at radius 3 is 2.00 bits per heavy atom. The van der Waals surface area contributed by atoms with Crippen LogP contribution < -0.4 is 4.74 Å². The number of allylic oxidation sites excluding steroid dienone is 2. The standard InChI is InChI=1S/C13H18O.C2H6.CH3F/c1-4-11(5-2)10-12-6-8-13(14-3)9-7-12;2*1-2/h4,6-9H,5,10H2,1-3H3;1-2H3;1H3/b11-4+;;. The molecule has 0 unspecified atom stereocenters. The van der Waals surface area contributed by atoms with E-state index >= 15 is 0 Å². The molecule has 0 aliphatic carbocycles. The molecule has 0 spiro atoms. The van der Waals surface area contributed by atoms with Crippen LogP contribution in [0.5, 0.6) is 5.75 Å². The van der Waals surface area contributed by atoms with E-state index in [1.807, 2.05) is 26.0 Å². The number of halogens is 1. The Kier molecular flexibility index (Phi) is 14.5. The second-order valence-corrected chi connectivity index (χ2v) is 3.33. The predicted octanol–water partition coefficient (Wildman–Crippen LogP) is 5.21. The van der Waals surface area contributed by atoms with Crippen molar-refractivity contribution in [3.8, 4) is 5.75 Å². The third kappa shape index (κ3) is 7.88. The molecule has 0 saturated heterocycles. The lowest BCUT2D eigenvalue weighted by Crippen LogP contribution is -1.89. The molecule has 0 aliphatic rings. The lowest BCUT2D eigenvalue weighted by Gasteiger charge is -2.05. The van der Waals surface area contributed by atoms with Crippen LogP contribution >= 0.6 is 0 Å². The van der Waals surface area contributed by atoms with Crippen LogP contribution in [0.2, 0.25) is 0 Å². The molecule has 0 aromatic heterocycles. The molecule has 0 amide bonds. The maximum absolute atomic E-state index is 9.50. The highest BCUT2D eigenvalue weighted by Gasteiger charge is 1.97. The van der Waals surface area contributed by atoms with E-state index in [2.05, 4.69) is 32.1 Å². The van der Waals surface area contributed by atoms with Gasteiger partial charge in [-0.25, -0.2) is 0 Å². The van der Waals surface area contributed by atoms with Crippen molar-refractivity contribution in [3.63, 3.8) is 0 Å². The molecule has 2 heteroatoms. The van der Waals surface area contributed by atoms with Gasteiger partial charge < -0.3 is 4.74 Å². The summed E-state index contributed by atoms with van der Waals surface area (Å²) in [5.74, 6) is 0.923. The highest BCUT2D eigenvalue weighted by molar-refractivity contribution is 5.29. The van der Waals surface area contributed by atoms with Crippen molar-refractivity contribution in [2.45, 2.75) is 40.5 Å². The molecule has 0 fully saturated rings. The molecule has 1 aromatic carbocycles. The van der Waals surface area contributed by atoms with Crippen LogP contribution in [-0.2, 0) is 6.42 Å². The fourth-order valence-electron chi connectivity index (χ4n) is 1.44. The molecule has 1 rings (SSSR count). The summed E-state index contributed by atoms with van der Waals surface area (Å²) in [6, 6.07) is 8.27. The van der Waals surface area contributed by atoms with Gasteiger partial charge in [0.1, 0.15) is 5.75 Å². The van der Waals surface area contributed by atoms with E-state index in [0.717, 1.165) is 18.6 Å². The lowest BCUT2D eigenvalue weighted by molar-refractivity contribution is 0.414. The van der Waals surface area contributed by atoms with E-state index in [1.54, 1.807) is 7.11 Å². The summed E-state index contributed by atoms with van der Waals surface area (Å²) in [6.07, 6.45) is 4.38. The molecular weight excluding hydrogens is 227 g/mol. The van der Waals surface area contributed by atoms with Crippen molar-refractivity contribution < 1.29 is 9.13 Å². The van der Waals surface area contributed by atoms with Gasteiger partial charge in [0.15, 0.2) is 0 Å². The third-order valence-electron chi connectivity index (χ3n) is 2.45. The van der Waals surface area contributed by atoms with Gasteiger partial charge in [-0.1, -0.05) is 44.6 Å². The van der Waals surface area contributed by atoms with E-state index in [1.165, 1.54) is 11.1 Å². The molecule has 0 atom stereocenters. The number of benzene rings is 1. The fourth-order valence-corrected chi connectivity index (χ4v) is 1.44. The van der Waals surface area contributed by atoms with Crippen molar-refractivity contribution in [3.05, 3.63) is 41.5 Å². The predicted molar refractivity (Wildman–Crippen MR) is 79.1 cm³/mol. The highest BCUT2D eigenvalue weighted by atomic mass is 19.1. The van der Waals surface area contributed by atoms with Crippen LogP contribution in [-0.4, -0.2) is 14.3 Å². The average Bonchev–Trinajstić information content (AvgIpc) is 2.49. The number of hydrogen-bond acceptors (Lipinski definition) is 1. The Hall–Kier alpha value is -1.31. The number of rotatable bonds is 4. The van der Waals surface area contributed by atoms with Crippen molar-refractivity contribution in [1.29, 1.82) is 0 Å². The van der Waals surface area contributed by atoms with Crippen molar-refractivity contribution >= 4 is 0 Å². The molecule has 0 bridgehead atoms. The second-order valence-electron chi connectivity index (χ2n) is 3.33. The minimum Gasteiger partial charge on any atom is -0.497 e. The Bertz CT molecular complexity index is 301. The summed E-state index contributed by atoms with van der Waals surface area (Å²) in [6.45, 7) is 8.29. The molecule has 0 saturated carbocycles. The summed E-state index contributed by atoms with van der Waals surface area (Å²) < 4.78 is 14.6. The topological polar surface area (TPSA) is 9.23 Å². The van der Waals surface area contributed by atoms with E-state index < -0.39 is 0 Å². The summed E-state index contributed by atoms with van der Waals surface area (Å²) >= 11 is 0. The van der Waals surface area contributed by atoms with Crippen LogP contribution in [0.4, 0.5) is 4.39 Å². The van der Waals surface area contributed by atoms with Gasteiger partial charge in [0, 0.05) is 0 Å². The molecular formula is C16H27FO. The van der Waals surface area contributed by atoms with Crippen LogP contribution in [0.1, 0.15) is 39.7 Å². The van der Waals surface area contributed by atoms with Crippen LogP contribution in [0, 0.1) is 0 Å². The zero-order valence-electron chi connectivity index (χ0n) is 12.6. The first-order valence-electron chi connectivity index (χ1n) is 6.45. The quantitative estimate of drug-likeness (QED) is 0.670. The van der Waals surface area contributed by atoms with Crippen LogP contribution in [0.3, 0.4) is 0 Å². The van der Waals surface area contributed by atoms with Gasteiger partial charge in [-0.15, -0.1) is 0 Å². The van der Waals surface area contributed by atoms with Crippen molar-refractivity contribution in [2.75, 3.05) is 14.3 Å². The van der Waals surface area contributed by atoms with Crippen molar-refractivity contribution in [1.82, 2.24) is 0 Å². The first-order valence-corrected chi connectivity index (χ1v) is 6.45. The summed E-state index contributed by atoms with van der Waals surface area (Å²) in [7, 11) is 2.19. The molecule has 104 valence electrons. The maximum Gasteiger partial charge on any atom is 0.118 e. The van der Waals surface area contributed by atoms with E-state index in [0.29, 0.717) is 7.18 Å². The number of alkyl halides is 1. The molecule has 0 heterocycles. The summed E-state index contributed by atoms with van der Waals surface area (Å²) in [4.78, 5) is 0. The fraction of sp³-hybridized carbons (Fsp3) is 0.500. The highest BCUT2D eigenvalue weighted by Crippen LogP contribution is 2.15. The molecule has 0 radical (unpaired) electrons. The Morgan fingerprint density at radius 2 is 1.67 bits per heavy atom. The number of methoxy groups -OCH3 is 1. The largest absolute Gasteiger partial charge is 0.497 e. The monoisotopic (exact) mass is 254 g/mol. The van der Waals surface area contributed by atoms with Gasteiger partial charge >= 0.3 is 0 Å². The number of ether oxygens (including phenoxy) is 1. The van der Waals surface area contributed by atoms with E-state index in [9.17, 15) is 4.39 Å². The minimum absolute atomic E-state index is 0.500.